The molecule has 6 nitrogen and oxygen atoms in total. The summed E-state index contributed by atoms with van der Waals surface area (Å²) in [6.07, 6.45) is 1.39. The zero-order valence-electron chi connectivity index (χ0n) is 17.3. The molecule has 0 N–H and O–H groups in total. The molecule has 0 unspecified atom stereocenters. The van der Waals surface area contributed by atoms with Crippen LogP contribution in [0.5, 0.6) is 0 Å². The van der Waals surface area contributed by atoms with Crippen LogP contribution in [0.25, 0.3) is 10.9 Å². The second kappa shape index (κ2) is 8.17. The number of aromatic nitrogens is 1. The minimum Gasteiger partial charge on any atom is -0.382 e. The van der Waals surface area contributed by atoms with E-state index in [1.807, 2.05) is 26.0 Å². The summed E-state index contributed by atoms with van der Waals surface area (Å²) in [5.74, 6) is -0.517. The maximum Gasteiger partial charge on any atom is 0.268 e. The number of fused-ring (bicyclic) bond motifs is 1. The Hall–Kier alpha value is -3.37. The van der Waals surface area contributed by atoms with Crippen molar-refractivity contribution in [2.75, 3.05) is 14.1 Å². The number of ketones is 1. The van der Waals surface area contributed by atoms with Gasteiger partial charge < -0.3 is 4.90 Å². The van der Waals surface area contributed by atoms with E-state index in [0.717, 1.165) is 9.54 Å². The zero-order valence-corrected chi connectivity index (χ0v) is 18.1. The van der Waals surface area contributed by atoms with Crippen molar-refractivity contribution in [3.05, 3.63) is 77.6 Å². The van der Waals surface area contributed by atoms with Crippen LogP contribution in [-0.4, -0.2) is 37.2 Å². The molecular formula is C23H23N3O3S. The van der Waals surface area contributed by atoms with Crippen LogP contribution in [0.2, 0.25) is 0 Å². The quantitative estimate of drug-likeness (QED) is 0.339. The number of hydrogen-bond donors (Lipinski definition) is 0. The first-order chi connectivity index (χ1) is 14.2. The van der Waals surface area contributed by atoms with Crippen molar-refractivity contribution in [1.29, 1.82) is 5.26 Å². The average Bonchev–Trinajstić information content (AvgIpc) is 3.12. The van der Waals surface area contributed by atoms with Crippen molar-refractivity contribution in [2.24, 2.45) is 0 Å². The molecule has 1 aromatic heterocycles. The normalized spacial score (nSPS) is 12.2. The molecule has 2 aromatic carbocycles. The van der Waals surface area contributed by atoms with Gasteiger partial charge in [-0.2, -0.15) is 5.26 Å². The van der Waals surface area contributed by atoms with Gasteiger partial charge in [0, 0.05) is 25.7 Å². The van der Waals surface area contributed by atoms with Gasteiger partial charge in [0.15, 0.2) is 0 Å². The second-order valence-electron chi connectivity index (χ2n) is 7.49. The number of rotatable bonds is 6. The van der Waals surface area contributed by atoms with Crippen LogP contribution in [0.1, 0.15) is 35.8 Å². The molecule has 0 bridgehead atoms. The van der Waals surface area contributed by atoms with Crippen LogP contribution in [0.3, 0.4) is 0 Å². The highest BCUT2D eigenvalue weighted by atomic mass is 32.2. The van der Waals surface area contributed by atoms with Crippen LogP contribution >= 0.6 is 0 Å². The van der Waals surface area contributed by atoms with Crippen molar-refractivity contribution in [2.45, 2.75) is 24.7 Å². The maximum atomic E-state index is 13.5. The third-order valence-electron chi connectivity index (χ3n) is 4.72. The molecule has 3 rings (SSSR count). The first kappa shape index (κ1) is 21.3. The standard InChI is InChI=1S/C23H23N3O3S/c1-16(2)19-11-8-12-21-20(19)13-22(23(27)17(14-24)15-25(3)4)26(21)30(28,29)18-9-6-5-7-10-18/h5-13,15-16H,1-4H3. The molecule has 0 fully saturated rings. The number of allylic oxidation sites excluding steroid dienone is 1. The molecule has 0 saturated heterocycles. The molecule has 0 radical (unpaired) electrons. The Balaban J connectivity index is 2.41. The molecule has 154 valence electrons. The number of benzene rings is 2. The molecule has 0 spiro atoms. The topological polar surface area (TPSA) is 83.2 Å². The van der Waals surface area contributed by atoms with Crippen molar-refractivity contribution < 1.29 is 13.2 Å². The fraction of sp³-hybridized carbons (Fsp3) is 0.217. The van der Waals surface area contributed by atoms with Gasteiger partial charge >= 0.3 is 0 Å². The lowest BCUT2D eigenvalue weighted by Gasteiger charge is -2.13. The summed E-state index contributed by atoms with van der Waals surface area (Å²) in [6, 6.07) is 16.8. The van der Waals surface area contributed by atoms with Gasteiger partial charge in [0.05, 0.1) is 10.4 Å². The van der Waals surface area contributed by atoms with Crippen molar-refractivity contribution >= 4 is 26.7 Å². The van der Waals surface area contributed by atoms with E-state index in [1.165, 1.54) is 18.3 Å². The first-order valence-electron chi connectivity index (χ1n) is 9.46. The van der Waals surface area contributed by atoms with Crippen LogP contribution in [-0.2, 0) is 10.0 Å². The lowest BCUT2D eigenvalue weighted by Crippen LogP contribution is -2.20. The van der Waals surface area contributed by atoms with E-state index >= 15 is 0 Å². The lowest BCUT2D eigenvalue weighted by molar-refractivity contribution is 0.103. The van der Waals surface area contributed by atoms with E-state index in [2.05, 4.69) is 0 Å². The molecule has 3 aromatic rings. The Labute approximate surface area is 176 Å². The van der Waals surface area contributed by atoms with Crippen molar-refractivity contribution in [1.82, 2.24) is 8.87 Å². The van der Waals surface area contributed by atoms with E-state index in [0.29, 0.717) is 10.9 Å². The fourth-order valence-electron chi connectivity index (χ4n) is 3.38. The average molecular weight is 422 g/mol. The van der Waals surface area contributed by atoms with E-state index in [9.17, 15) is 18.5 Å². The van der Waals surface area contributed by atoms with Crippen LogP contribution in [0.15, 0.2) is 71.3 Å². The van der Waals surface area contributed by atoms with Gasteiger partial charge in [0.2, 0.25) is 5.78 Å². The highest BCUT2D eigenvalue weighted by Gasteiger charge is 2.29. The van der Waals surface area contributed by atoms with Gasteiger partial charge in [-0.25, -0.2) is 12.4 Å². The number of Topliss-reactive ketones (excluding diaryl/α,β-unsaturated/α-hetero) is 1. The molecule has 0 aliphatic rings. The Morgan fingerprint density at radius 3 is 2.33 bits per heavy atom. The molecule has 0 amide bonds. The maximum absolute atomic E-state index is 13.5. The van der Waals surface area contributed by atoms with Gasteiger partial charge in [-0.1, -0.05) is 44.2 Å². The van der Waals surface area contributed by atoms with Gasteiger partial charge in [0.25, 0.3) is 10.0 Å². The Bertz CT molecular complexity index is 1280. The van der Waals surface area contributed by atoms with E-state index < -0.39 is 15.8 Å². The van der Waals surface area contributed by atoms with E-state index in [-0.39, 0.29) is 22.1 Å². The summed E-state index contributed by atoms with van der Waals surface area (Å²) < 4.78 is 28.2. The Morgan fingerprint density at radius 2 is 1.77 bits per heavy atom. The zero-order chi connectivity index (χ0) is 22.1. The van der Waals surface area contributed by atoms with Crippen LogP contribution in [0.4, 0.5) is 0 Å². The van der Waals surface area contributed by atoms with Crippen LogP contribution < -0.4 is 0 Å². The van der Waals surface area contributed by atoms with Gasteiger partial charge in [0.1, 0.15) is 17.3 Å². The molecule has 1 heterocycles. The van der Waals surface area contributed by atoms with Gasteiger partial charge in [-0.15, -0.1) is 0 Å². The van der Waals surface area contributed by atoms with E-state index in [1.54, 1.807) is 55.4 Å². The van der Waals surface area contributed by atoms with Crippen molar-refractivity contribution in [3.63, 3.8) is 0 Å². The van der Waals surface area contributed by atoms with Crippen LogP contribution in [0, 0.1) is 11.3 Å². The predicted octanol–water partition coefficient (Wildman–Crippen LogP) is 4.15. The summed E-state index contributed by atoms with van der Waals surface area (Å²) in [5, 5.41) is 10.2. The Morgan fingerprint density at radius 1 is 1.10 bits per heavy atom. The number of nitrogens with zero attached hydrogens (tertiary/aromatic N) is 3. The SMILES string of the molecule is CC(C)c1cccc2c1cc(C(=O)C(C#N)=CN(C)C)n2S(=O)(=O)c1ccccc1. The highest BCUT2D eigenvalue weighted by Crippen LogP contribution is 2.32. The summed E-state index contributed by atoms with van der Waals surface area (Å²) in [6.45, 7) is 4.01. The minimum atomic E-state index is -4.06. The monoisotopic (exact) mass is 421 g/mol. The second-order valence-corrected chi connectivity index (χ2v) is 9.28. The number of nitriles is 1. The lowest BCUT2D eigenvalue weighted by atomic mass is 9.99. The smallest absolute Gasteiger partial charge is 0.268 e. The minimum absolute atomic E-state index is 0.0587. The summed E-state index contributed by atoms with van der Waals surface area (Å²) in [7, 11) is -0.681. The third kappa shape index (κ3) is 3.74. The van der Waals surface area contributed by atoms with Gasteiger partial charge in [-0.3, -0.25) is 4.79 Å². The summed E-state index contributed by atoms with van der Waals surface area (Å²) >= 11 is 0. The molecule has 30 heavy (non-hydrogen) atoms. The molecule has 0 atom stereocenters. The number of carbonyl (C=O) groups is 1. The fourth-order valence-corrected chi connectivity index (χ4v) is 4.91. The predicted molar refractivity (Wildman–Crippen MR) is 117 cm³/mol. The summed E-state index contributed by atoms with van der Waals surface area (Å²) in [4.78, 5) is 14.9. The summed E-state index contributed by atoms with van der Waals surface area (Å²) in [5.41, 5.74) is 1.14. The molecule has 7 heteroatoms. The largest absolute Gasteiger partial charge is 0.382 e. The molecule has 0 saturated carbocycles. The molecule has 0 aliphatic heterocycles. The molecule has 0 aliphatic carbocycles. The van der Waals surface area contributed by atoms with E-state index in [4.69, 9.17) is 0 Å². The molecular weight excluding hydrogens is 398 g/mol. The number of carbonyl (C=O) groups excluding carboxylic acids is 1. The number of hydrogen-bond acceptors (Lipinski definition) is 5. The van der Waals surface area contributed by atoms with Gasteiger partial charge in [-0.05, 0) is 35.7 Å². The first-order valence-corrected chi connectivity index (χ1v) is 10.9. The third-order valence-corrected chi connectivity index (χ3v) is 6.47. The van der Waals surface area contributed by atoms with Crippen molar-refractivity contribution in [3.8, 4) is 6.07 Å². The Kier molecular flexibility index (Phi) is 5.81. The highest BCUT2D eigenvalue weighted by molar-refractivity contribution is 7.90.